The maximum atomic E-state index is 6.49. The van der Waals surface area contributed by atoms with E-state index in [9.17, 15) is 0 Å². The molecule has 0 amide bonds. The van der Waals surface area contributed by atoms with Crippen molar-refractivity contribution in [3.8, 4) is 10.4 Å². The third-order valence-electron chi connectivity index (χ3n) is 3.10. The van der Waals surface area contributed by atoms with E-state index < -0.39 is 0 Å². The van der Waals surface area contributed by atoms with Crippen LogP contribution in [0.4, 0.5) is 0 Å². The molecule has 2 aromatic carbocycles. The van der Waals surface area contributed by atoms with Gasteiger partial charge in [-0.15, -0.1) is 11.3 Å². The highest BCUT2D eigenvalue weighted by molar-refractivity contribution is 7.23. The van der Waals surface area contributed by atoms with Crippen molar-refractivity contribution in [2.24, 2.45) is 0 Å². The third kappa shape index (κ3) is 1.94. The van der Waals surface area contributed by atoms with Crippen LogP contribution in [0.25, 0.3) is 20.5 Å². The maximum absolute atomic E-state index is 6.49. The zero-order chi connectivity index (χ0) is 12.7. The molecule has 0 saturated carbocycles. The molecule has 2 heteroatoms. The van der Waals surface area contributed by atoms with Crippen molar-refractivity contribution in [2.75, 3.05) is 0 Å². The van der Waals surface area contributed by atoms with E-state index in [0.717, 1.165) is 15.3 Å². The molecule has 0 aliphatic rings. The van der Waals surface area contributed by atoms with E-state index >= 15 is 0 Å². The second-order valence-corrected chi connectivity index (χ2v) is 6.04. The standard InChI is InChI=1S/C16H13ClS/c1-10-3-6-12(7-4-10)16-15(17)13-8-5-11(2)9-14(13)18-16/h3-9H,1-2H3. The minimum Gasteiger partial charge on any atom is -0.134 e. The molecular formula is C16H13ClS. The summed E-state index contributed by atoms with van der Waals surface area (Å²) < 4.78 is 1.26. The van der Waals surface area contributed by atoms with Crippen molar-refractivity contribution in [3.63, 3.8) is 0 Å². The molecule has 0 nitrogen and oxygen atoms in total. The first kappa shape index (κ1) is 11.8. The van der Waals surface area contributed by atoms with Gasteiger partial charge in [-0.3, -0.25) is 0 Å². The molecule has 3 rings (SSSR count). The Bertz CT molecular complexity index is 708. The first-order chi connectivity index (χ1) is 8.65. The summed E-state index contributed by atoms with van der Waals surface area (Å²) in [6.07, 6.45) is 0. The molecule has 0 atom stereocenters. The van der Waals surface area contributed by atoms with Gasteiger partial charge in [-0.2, -0.15) is 0 Å². The van der Waals surface area contributed by atoms with Gasteiger partial charge in [0.15, 0.2) is 0 Å². The van der Waals surface area contributed by atoms with Crippen LogP contribution in [-0.4, -0.2) is 0 Å². The van der Waals surface area contributed by atoms with Gasteiger partial charge in [-0.1, -0.05) is 53.6 Å². The SMILES string of the molecule is Cc1ccc(-c2sc3cc(C)ccc3c2Cl)cc1. The molecule has 3 aromatic rings. The van der Waals surface area contributed by atoms with Crippen LogP contribution in [-0.2, 0) is 0 Å². The molecular weight excluding hydrogens is 260 g/mol. The first-order valence-electron chi connectivity index (χ1n) is 5.91. The topological polar surface area (TPSA) is 0 Å². The number of halogens is 1. The molecule has 0 unspecified atom stereocenters. The summed E-state index contributed by atoms with van der Waals surface area (Å²) in [7, 11) is 0. The van der Waals surface area contributed by atoms with E-state index in [-0.39, 0.29) is 0 Å². The molecule has 0 N–H and O–H groups in total. The molecule has 1 aromatic heterocycles. The van der Waals surface area contributed by atoms with E-state index in [1.165, 1.54) is 21.4 Å². The number of fused-ring (bicyclic) bond motifs is 1. The van der Waals surface area contributed by atoms with Crippen molar-refractivity contribution >= 4 is 33.0 Å². The lowest BCUT2D eigenvalue weighted by Crippen LogP contribution is -1.74. The van der Waals surface area contributed by atoms with Gasteiger partial charge in [0.25, 0.3) is 0 Å². The summed E-state index contributed by atoms with van der Waals surface area (Å²) in [5, 5.41) is 2.03. The van der Waals surface area contributed by atoms with E-state index in [0.29, 0.717) is 0 Å². The highest BCUT2D eigenvalue weighted by atomic mass is 35.5. The number of hydrogen-bond donors (Lipinski definition) is 0. The molecule has 0 spiro atoms. The Morgan fingerprint density at radius 2 is 1.56 bits per heavy atom. The van der Waals surface area contributed by atoms with Gasteiger partial charge in [0.1, 0.15) is 0 Å². The lowest BCUT2D eigenvalue weighted by atomic mass is 10.1. The van der Waals surface area contributed by atoms with E-state index in [1.54, 1.807) is 11.3 Å². The van der Waals surface area contributed by atoms with Gasteiger partial charge in [0.2, 0.25) is 0 Å². The van der Waals surface area contributed by atoms with Crippen molar-refractivity contribution < 1.29 is 0 Å². The van der Waals surface area contributed by atoms with E-state index in [2.05, 4.69) is 56.3 Å². The number of thiophene rings is 1. The van der Waals surface area contributed by atoms with Crippen LogP contribution in [0.1, 0.15) is 11.1 Å². The fraction of sp³-hybridized carbons (Fsp3) is 0.125. The van der Waals surface area contributed by atoms with Gasteiger partial charge >= 0.3 is 0 Å². The fourth-order valence-electron chi connectivity index (χ4n) is 2.06. The van der Waals surface area contributed by atoms with Crippen LogP contribution >= 0.6 is 22.9 Å². The molecule has 0 fully saturated rings. The van der Waals surface area contributed by atoms with Crippen LogP contribution in [0.15, 0.2) is 42.5 Å². The van der Waals surface area contributed by atoms with Crippen molar-refractivity contribution in [3.05, 3.63) is 58.6 Å². The van der Waals surface area contributed by atoms with Gasteiger partial charge in [-0.05, 0) is 31.0 Å². The monoisotopic (exact) mass is 272 g/mol. The highest BCUT2D eigenvalue weighted by Gasteiger charge is 2.11. The first-order valence-corrected chi connectivity index (χ1v) is 7.10. The smallest absolute Gasteiger partial charge is 0.0670 e. The predicted molar refractivity (Wildman–Crippen MR) is 81.7 cm³/mol. The fourth-order valence-corrected chi connectivity index (χ4v) is 3.71. The second kappa shape index (κ2) is 4.42. The predicted octanol–water partition coefficient (Wildman–Crippen LogP) is 5.84. The average Bonchev–Trinajstić information content (AvgIpc) is 2.67. The Morgan fingerprint density at radius 3 is 2.28 bits per heavy atom. The number of hydrogen-bond acceptors (Lipinski definition) is 1. The summed E-state index contributed by atoms with van der Waals surface area (Å²) in [5.74, 6) is 0. The third-order valence-corrected chi connectivity index (χ3v) is 4.80. The van der Waals surface area contributed by atoms with Gasteiger partial charge in [-0.25, -0.2) is 0 Å². The summed E-state index contributed by atoms with van der Waals surface area (Å²) in [5.41, 5.74) is 3.74. The van der Waals surface area contributed by atoms with Crippen LogP contribution < -0.4 is 0 Å². The molecule has 0 aliphatic carbocycles. The van der Waals surface area contributed by atoms with Crippen LogP contribution in [0.2, 0.25) is 5.02 Å². The Kier molecular flexibility index (Phi) is 2.89. The lowest BCUT2D eigenvalue weighted by Gasteiger charge is -1.99. The molecule has 0 radical (unpaired) electrons. The Morgan fingerprint density at radius 1 is 0.889 bits per heavy atom. The zero-order valence-corrected chi connectivity index (χ0v) is 11.9. The molecule has 1 heterocycles. The zero-order valence-electron chi connectivity index (χ0n) is 10.3. The van der Waals surface area contributed by atoms with Crippen molar-refractivity contribution in [2.45, 2.75) is 13.8 Å². The van der Waals surface area contributed by atoms with Crippen molar-refractivity contribution in [1.29, 1.82) is 0 Å². The Balaban J connectivity index is 2.23. The summed E-state index contributed by atoms with van der Waals surface area (Å²) >= 11 is 8.26. The summed E-state index contributed by atoms with van der Waals surface area (Å²) in [6.45, 7) is 4.21. The van der Waals surface area contributed by atoms with E-state index in [1.807, 2.05) is 0 Å². The largest absolute Gasteiger partial charge is 0.134 e. The molecule has 0 aliphatic heterocycles. The molecule has 0 saturated heterocycles. The summed E-state index contributed by atoms with van der Waals surface area (Å²) in [4.78, 5) is 1.16. The average molecular weight is 273 g/mol. The molecule has 90 valence electrons. The van der Waals surface area contributed by atoms with Crippen LogP contribution in [0.5, 0.6) is 0 Å². The second-order valence-electron chi connectivity index (χ2n) is 4.61. The number of rotatable bonds is 1. The maximum Gasteiger partial charge on any atom is 0.0670 e. The Hall–Kier alpha value is -1.31. The Labute approximate surface area is 116 Å². The minimum atomic E-state index is 0.874. The number of aryl methyl sites for hydroxylation is 2. The van der Waals surface area contributed by atoms with Gasteiger partial charge in [0.05, 0.1) is 9.90 Å². The summed E-state index contributed by atoms with van der Waals surface area (Å²) in [6, 6.07) is 14.9. The van der Waals surface area contributed by atoms with Crippen LogP contribution in [0, 0.1) is 13.8 Å². The van der Waals surface area contributed by atoms with E-state index in [4.69, 9.17) is 11.6 Å². The van der Waals surface area contributed by atoms with Gasteiger partial charge < -0.3 is 0 Å². The number of benzene rings is 2. The minimum absolute atomic E-state index is 0.874. The van der Waals surface area contributed by atoms with Crippen molar-refractivity contribution in [1.82, 2.24) is 0 Å². The molecule has 0 bridgehead atoms. The normalized spacial score (nSPS) is 11.1. The quantitative estimate of drug-likeness (QED) is 0.522. The molecule has 18 heavy (non-hydrogen) atoms. The van der Waals surface area contributed by atoms with Crippen LogP contribution in [0.3, 0.4) is 0 Å². The van der Waals surface area contributed by atoms with Gasteiger partial charge in [0, 0.05) is 10.1 Å². The lowest BCUT2D eigenvalue weighted by molar-refractivity contribution is 1.48. The highest BCUT2D eigenvalue weighted by Crippen LogP contribution is 2.42.